The van der Waals surface area contributed by atoms with Crippen molar-refractivity contribution in [1.82, 2.24) is 5.32 Å². The molecule has 0 saturated heterocycles. The highest BCUT2D eigenvalue weighted by Gasteiger charge is 2.26. The Labute approximate surface area is 324 Å². The molecule has 5 nitrogen and oxygen atoms in total. The van der Waals surface area contributed by atoms with Gasteiger partial charge in [0.2, 0.25) is 5.91 Å². The molecule has 0 saturated carbocycles. The van der Waals surface area contributed by atoms with Crippen molar-refractivity contribution in [2.75, 3.05) is 6.61 Å². The number of allylic oxidation sites excluding steroid dienone is 6. The molecule has 0 aromatic rings. The molecule has 0 bridgehead atoms. The molecule has 3 unspecified atom stereocenters. The SMILES string of the molecule is CCCCCCCCCC/C=C/CCCC(O)C(O)C(CO)NC(=O)CCCCCCCCCCC/C=C\C/C=C\CCCCCCCCCCC. The smallest absolute Gasteiger partial charge is 0.220 e. The Morgan fingerprint density at radius 3 is 1.23 bits per heavy atom. The number of amides is 1. The predicted molar refractivity (Wildman–Crippen MR) is 227 cm³/mol. The first kappa shape index (κ1) is 50.6. The summed E-state index contributed by atoms with van der Waals surface area (Å²) >= 11 is 0. The summed E-state index contributed by atoms with van der Waals surface area (Å²) in [5, 5.41) is 33.5. The monoisotopic (exact) mass is 732 g/mol. The van der Waals surface area contributed by atoms with E-state index in [0.29, 0.717) is 12.8 Å². The molecule has 0 aromatic heterocycles. The van der Waals surface area contributed by atoms with Crippen LogP contribution < -0.4 is 5.32 Å². The van der Waals surface area contributed by atoms with Crippen LogP contribution in [0, 0.1) is 0 Å². The van der Waals surface area contributed by atoms with Crippen LogP contribution in [0.3, 0.4) is 0 Å². The Hall–Kier alpha value is -1.43. The molecule has 0 aliphatic heterocycles. The van der Waals surface area contributed by atoms with Crippen LogP contribution in [-0.2, 0) is 4.79 Å². The topological polar surface area (TPSA) is 89.8 Å². The van der Waals surface area contributed by atoms with Crippen molar-refractivity contribution < 1.29 is 20.1 Å². The third-order valence-electron chi connectivity index (χ3n) is 10.5. The lowest BCUT2D eigenvalue weighted by Gasteiger charge is -2.26. The highest BCUT2D eigenvalue weighted by atomic mass is 16.3. The minimum absolute atomic E-state index is 0.159. The molecule has 0 aromatic carbocycles. The lowest BCUT2D eigenvalue weighted by Crippen LogP contribution is -2.50. The standard InChI is InChI=1S/C47H89NO4/c1-3-5-7-9-11-13-15-17-18-19-20-21-22-23-24-25-26-27-28-30-32-34-36-38-40-42-46(51)48-44(43-49)47(52)45(50)41-39-37-35-33-31-29-16-14-12-10-8-6-4-2/h20-21,23-24,33,35,44-45,47,49-50,52H,3-19,22,25-32,34,36-43H2,1-2H3,(H,48,51)/b21-20-,24-23-,35-33+. The molecule has 0 radical (unpaired) electrons. The van der Waals surface area contributed by atoms with Gasteiger partial charge in [-0.2, -0.15) is 0 Å². The van der Waals surface area contributed by atoms with Crippen molar-refractivity contribution >= 4 is 5.91 Å². The third-order valence-corrected chi connectivity index (χ3v) is 10.5. The van der Waals surface area contributed by atoms with Crippen molar-refractivity contribution in [2.45, 2.75) is 250 Å². The van der Waals surface area contributed by atoms with Crippen LogP contribution in [0.1, 0.15) is 232 Å². The number of nitrogens with one attached hydrogen (secondary N) is 1. The number of unbranched alkanes of at least 4 members (excludes halogenated alkanes) is 27. The van der Waals surface area contributed by atoms with E-state index in [1.807, 2.05) is 0 Å². The second-order valence-electron chi connectivity index (χ2n) is 15.6. The normalized spacial score (nSPS) is 13.9. The molecule has 0 spiro atoms. The van der Waals surface area contributed by atoms with Crippen LogP contribution in [0.2, 0.25) is 0 Å². The van der Waals surface area contributed by atoms with Crippen molar-refractivity contribution in [2.24, 2.45) is 0 Å². The van der Waals surface area contributed by atoms with E-state index in [9.17, 15) is 20.1 Å². The lowest BCUT2D eigenvalue weighted by atomic mass is 10.0. The first-order valence-corrected chi connectivity index (χ1v) is 22.8. The molecule has 5 heteroatoms. The quantitative estimate of drug-likeness (QED) is 0.0372. The van der Waals surface area contributed by atoms with Gasteiger partial charge in [0, 0.05) is 6.42 Å². The molecule has 52 heavy (non-hydrogen) atoms. The van der Waals surface area contributed by atoms with Crippen LogP contribution >= 0.6 is 0 Å². The summed E-state index contributed by atoms with van der Waals surface area (Å²) in [5.41, 5.74) is 0. The minimum Gasteiger partial charge on any atom is -0.394 e. The second kappa shape index (κ2) is 42.3. The maximum Gasteiger partial charge on any atom is 0.220 e. The fourth-order valence-electron chi connectivity index (χ4n) is 6.90. The molecule has 3 atom stereocenters. The fourth-order valence-corrected chi connectivity index (χ4v) is 6.90. The molecular formula is C47H89NO4. The zero-order valence-corrected chi connectivity index (χ0v) is 34.7. The predicted octanol–water partition coefficient (Wildman–Crippen LogP) is 13.2. The van der Waals surface area contributed by atoms with Crippen molar-refractivity contribution in [3.63, 3.8) is 0 Å². The number of aliphatic hydroxyl groups is 3. The van der Waals surface area contributed by atoms with Gasteiger partial charge < -0.3 is 20.6 Å². The minimum atomic E-state index is -1.16. The third kappa shape index (κ3) is 36.9. The van der Waals surface area contributed by atoms with Gasteiger partial charge in [-0.05, 0) is 70.6 Å². The number of carbonyl (C=O) groups excluding carboxylic acids is 1. The lowest BCUT2D eigenvalue weighted by molar-refractivity contribution is -0.124. The van der Waals surface area contributed by atoms with Crippen LogP contribution in [0.5, 0.6) is 0 Å². The summed E-state index contributed by atoms with van der Waals surface area (Å²) in [6.45, 7) is 4.16. The molecule has 1 amide bonds. The van der Waals surface area contributed by atoms with E-state index in [1.54, 1.807) is 0 Å². The first-order valence-electron chi connectivity index (χ1n) is 22.8. The summed E-state index contributed by atoms with van der Waals surface area (Å²) in [6.07, 6.45) is 52.6. The average molecular weight is 732 g/mol. The Bertz CT molecular complexity index is 809. The van der Waals surface area contributed by atoms with Crippen LogP contribution in [0.15, 0.2) is 36.5 Å². The zero-order valence-electron chi connectivity index (χ0n) is 34.7. The van der Waals surface area contributed by atoms with Crippen molar-refractivity contribution in [3.05, 3.63) is 36.5 Å². The van der Waals surface area contributed by atoms with E-state index in [0.717, 1.165) is 44.9 Å². The number of hydrogen-bond acceptors (Lipinski definition) is 4. The molecule has 0 aliphatic carbocycles. The zero-order chi connectivity index (χ0) is 38.0. The molecular weight excluding hydrogens is 643 g/mol. The molecule has 0 heterocycles. The van der Waals surface area contributed by atoms with Gasteiger partial charge in [-0.15, -0.1) is 0 Å². The first-order chi connectivity index (χ1) is 25.6. The van der Waals surface area contributed by atoms with Gasteiger partial charge in [0.05, 0.1) is 18.8 Å². The number of rotatable bonds is 41. The summed E-state index contributed by atoms with van der Waals surface area (Å²) in [5.74, 6) is -0.159. The largest absolute Gasteiger partial charge is 0.394 e. The highest BCUT2D eigenvalue weighted by molar-refractivity contribution is 5.76. The summed E-state index contributed by atoms with van der Waals surface area (Å²) in [6, 6.07) is -0.827. The van der Waals surface area contributed by atoms with E-state index in [-0.39, 0.29) is 12.5 Å². The number of hydrogen-bond donors (Lipinski definition) is 4. The van der Waals surface area contributed by atoms with E-state index in [2.05, 4.69) is 55.6 Å². The van der Waals surface area contributed by atoms with Gasteiger partial charge in [-0.1, -0.05) is 192 Å². The summed E-state index contributed by atoms with van der Waals surface area (Å²) in [4.78, 5) is 12.4. The van der Waals surface area contributed by atoms with Crippen LogP contribution in [0.25, 0.3) is 0 Å². The van der Waals surface area contributed by atoms with E-state index < -0.39 is 18.2 Å². The Morgan fingerprint density at radius 2 is 0.827 bits per heavy atom. The van der Waals surface area contributed by atoms with Crippen LogP contribution in [-0.4, -0.2) is 46.1 Å². The number of aliphatic hydroxyl groups excluding tert-OH is 3. The average Bonchev–Trinajstić information content (AvgIpc) is 3.15. The van der Waals surface area contributed by atoms with E-state index >= 15 is 0 Å². The molecule has 0 fully saturated rings. The van der Waals surface area contributed by atoms with Gasteiger partial charge in [-0.25, -0.2) is 0 Å². The second-order valence-corrected chi connectivity index (χ2v) is 15.6. The molecule has 0 aliphatic rings. The van der Waals surface area contributed by atoms with Gasteiger partial charge in [0.15, 0.2) is 0 Å². The maximum atomic E-state index is 12.4. The van der Waals surface area contributed by atoms with Gasteiger partial charge in [0.25, 0.3) is 0 Å². The van der Waals surface area contributed by atoms with E-state index in [4.69, 9.17) is 0 Å². The van der Waals surface area contributed by atoms with Crippen molar-refractivity contribution in [3.8, 4) is 0 Å². The summed E-state index contributed by atoms with van der Waals surface area (Å²) in [7, 11) is 0. The van der Waals surface area contributed by atoms with Gasteiger partial charge in [0.1, 0.15) is 6.10 Å². The Morgan fingerprint density at radius 1 is 0.481 bits per heavy atom. The van der Waals surface area contributed by atoms with Crippen molar-refractivity contribution in [1.29, 1.82) is 0 Å². The van der Waals surface area contributed by atoms with E-state index in [1.165, 1.54) is 161 Å². The summed E-state index contributed by atoms with van der Waals surface area (Å²) < 4.78 is 0. The maximum absolute atomic E-state index is 12.4. The molecule has 306 valence electrons. The fraction of sp³-hybridized carbons (Fsp3) is 0.851. The Balaban J connectivity index is 3.63. The molecule has 0 rings (SSSR count). The van der Waals surface area contributed by atoms with Crippen LogP contribution in [0.4, 0.5) is 0 Å². The Kier molecular flexibility index (Phi) is 41.1. The van der Waals surface area contributed by atoms with Gasteiger partial charge >= 0.3 is 0 Å². The number of carbonyl (C=O) groups is 1. The highest BCUT2D eigenvalue weighted by Crippen LogP contribution is 2.15. The van der Waals surface area contributed by atoms with Gasteiger partial charge in [-0.3, -0.25) is 4.79 Å². The molecule has 4 N–H and O–H groups in total.